The van der Waals surface area contributed by atoms with Crippen molar-refractivity contribution in [1.29, 1.82) is 0 Å². The molecule has 0 saturated heterocycles. The number of benzene rings is 1. The van der Waals surface area contributed by atoms with Crippen molar-refractivity contribution in [3.05, 3.63) is 40.6 Å². The summed E-state index contributed by atoms with van der Waals surface area (Å²) in [7, 11) is 3.26. The van der Waals surface area contributed by atoms with E-state index >= 15 is 0 Å². The van der Waals surface area contributed by atoms with E-state index in [9.17, 15) is 4.79 Å². The Morgan fingerprint density at radius 2 is 2.22 bits per heavy atom. The van der Waals surface area contributed by atoms with Crippen LogP contribution in [0.15, 0.2) is 34.9 Å². The molecule has 2 rings (SSSR count). The number of halogens is 1. The van der Waals surface area contributed by atoms with Gasteiger partial charge in [0.2, 0.25) is 0 Å². The maximum atomic E-state index is 12.1. The molecule has 94 valence electrons. The monoisotopic (exact) mass is 309 g/mol. The minimum absolute atomic E-state index is 0.173. The number of aromatic nitrogens is 2. The van der Waals surface area contributed by atoms with Gasteiger partial charge in [-0.25, -0.2) is 0 Å². The fraction of sp³-hybridized carbons (Fsp3) is 0.167. The summed E-state index contributed by atoms with van der Waals surface area (Å²) in [4.78, 5) is 13.7. The molecular formula is C12H12BrN3O2. The number of nitrogens with zero attached hydrogens (tertiary/aromatic N) is 2. The lowest BCUT2D eigenvalue weighted by Crippen LogP contribution is -2.27. The van der Waals surface area contributed by atoms with Crippen molar-refractivity contribution in [2.75, 3.05) is 19.1 Å². The van der Waals surface area contributed by atoms with E-state index in [1.54, 1.807) is 26.4 Å². The van der Waals surface area contributed by atoms with Crippen LogP contribution in [0.25, 0.3) is 0 Å². The number of hydrogen-bond donors (Lipinski definition) is 1. The van der Waals surface area contributed by atoms with E-state index in [0.29, 0.717) is 17.1 Å². The summed E-state index contributed by atoms with van der Waals surface area (Å²) in [5, 5.41) is 6.41. The zero-order valence-corrected chi connectivity index (χ0v) is 11.6. The first-order chi connectivity index (χ1) is 8.63. The molecule has 0 bridgehead atoms. The summed E-state index contributed by atoms with van der Waals surface area (Å²) in [6.45, 7) is 0. The Morgan fingerprint density at radius 1 is 1.44 bits per heavy atom. The number of methoxy groups -OCH3 is 1. The third kappa shape index (κ3) is 2.38. The van der Waals surface area contributed by atoms with Crippen LogP contribution in [-0.4, -0.2) is 30.3 Å². The average molecular weight is 310 g/mol. The molecule has 0 aliphatic rings. The van der Waals surface area contributed by atoms with Gasteiger partial charge in [0.15, 0.2) is 0 Å². The van der Waals surface area contributed by atoms with Crippen LogP contribution in [-0.2, 0) is 0 Å². The molecule has 1 aromatic carbocycles. The number of nitrogens with one attached hydrogen (secondary N) is 1. The van der Waals surface area contributed by atoms with Crippen molar-refractivity contribution in [3.63, 3.8) is 0 Å². The molecule has 2 aromatic rings. The predicted molar refractivity (Wildman–Crippen MR) is 72.0 cm³/mol. The van der Waals surface area contributed by atoms with E-state index in [1.165, 1.54) is 4.90 Å². The van der Waals surface area contributed by atoms with Crippen LogP contribution in [0.1, 0.15) is 10.5 Å². The Labute approximate surface area is 113 Å². The second-order valence-corrected chi connectivity index (χ2v) is 4.57. The highest BCUT2D eigenvalue weighted by Gasteiger charge is 2.18. The molecule has 1 heterocycles. The largest absolute Gasteiger partial charge is 0.495 e. The van der Waals surface area contributed by atoms with Crippen LogP contribution < -0.4 is 9.64 Å². The minimum Gasteiger partial charge on any atom is -0.495 e. The number of H-pyrrole nitrogens is 1. The van der Waals surface area contributed by atoms with E-state index in [-0.39, 0.29) is 5.91 Å². The molecule has 0 saturated carbocycles. The van der Waals surface area contributed by atoms with Crippen LogP contribution >= 0.6 is 15.9 Å². The van der Waals surface area contributed by atoms with Gasteiger partial charge in [-0.05, 0) is 24.3 Å². The summed E-state index contributed by atoms with van der Waals surface area (Å²) < 4.78 is 6.16. The number of amides is 1. The van der Waals surface area contributed by atoms with Crippen molar-refractivity contribution in [3.8, 4) is 5.75 Å². The van der Waals surface area contributed by atoms with E-state index in [1.807, 2.05) is 18.2 Å². The van der Waals surface area contributed by atoms with Crippen LogP contribution in [0, 0.1) is 0 Å². The van der Waals surface area contributed by atoms with Gasteiger partial charge in [0, 0.05) is 17.7 Å². The average Bonchev–Trinajstić information content (AvgIpc) is 2.90. The highest BCUT2D eigenvalue weighted by atomic mass is 79.9. The summed E-state index contributed by atoms with van der Waals surface area (Å²) in [5.74, 6) is 0.452. The second kappa shape index (κ2) is 5.22. The summed E-state index contributed by atoms with van der Waals surface area (Å²) in [5.41, 5.74) is 1.13. The smallest absolute Gasteiger partial charge is 0.276 e. The van der Waals surface area contributed by atoms with Crippen molar-refractivity contribution >= 4 is 27.5 Å². The number of carbonyl (C=O) groups is 1. The zero-order valence-electron chi connectivity index (χ0n) is 9.98. The molecule has 1 aromatic heterocycles. The predicted octanol–water partition coefficient (Wildman–Crippen LogP) is 2.46. The Bertz CT molecular complexity index is 554. The van der Waals surface area contributed by atoms with Crippen molar-refractivity contribution in [2.45, 2.75) is 0 Å². The first-order valence-corrected chi connectivity index (χ1v) is 6.03. The van der Waals surface area contributed by atoms with Gasteiger partial charge in [-0.2, -0.15) is 5.10 Å². The van der Waals surface area contributed by atoms with Gasteiger partial charge < -0.3 is 9.64 Å². The summed E-state index contributed by atoms with van der Waals surface area (Å²) >= 11 is 3.36. The van der Waals surface area contributed by atoms with E-state index in [4.69, 9.17) is 4.74 Å². The van der Waals surface area contributed by atoms with Crippen molar-refractivity contribution in [2.24, 2.45) is 0 Å². The molecule has 1 N–H and O–H groups in total. The molecule has 0 aliphatic heterocycles. The molecule has 0 atom stereocenters. The molecule has 1 amide bonds. The summed E-state index contributed by atoms with van der Waals surface area (Å²) in [6, 6.07) is 7.11. The van der Waals surface area contributed by atoms with Gasteiger partial charge in [0.05, 0.1) is 12.8 Å². The standard InChI is InChI=1S/C12H12BrN3O2/c1-16(12(17)9-5-6-14-15-9)10-4-3-8(13)7-11(10)18-2/h3-7H,1-2H3,(H,14,15). The highest BCUT2D eigenvalue weighted by molar-refractivity contribution is 9.10. The lowest BCUT2D eigenvalue weighted by molar-refractivity contribution is 0.0987. The third-order valence-corrected chi connectivity index (χ3v) is 3.03. The second-order valence-electron chi connectivity index (χ2n) is 3.65. The number of anilines is 1. The fourth-order valence-electron chi connectivity index (χ4n) is 1.59. The van der Waals surface area contributed by atoms with Crippen LogP contribution in [0.5, 0.6) is 5.75 Å². The molecule has 0 fully saturated rings. The van der Waals surface area contributed by atoms with Gasteiger partial charge in [-0.15, -0.1) is 0 Å². The van der Waals surface area contributed by atoms with E-state index < -0.39 is 0 Å². The molecule has 6 heteroatoms. The maximum Gasteiger partial charge on any atom is 0.276 e. The van der Waals surface area contributed by atoms with Gasteiger partial charge in [0.25, 0.3) is 5.91 Å². The molecule has 18 heavy (non-hydrogen) atoms. The van der Waals surface area contributed by atoms with Crippen LogP contribution in [0.3, 0.4) is 0 Å². The fourth-order valence-corrected chi connectivity index (χ4v) is 1.93. The molecular weight excluding hydrogens is 298 g/mol. The van der Waals surface area contributed by atoms with Crippen molar-refractivity contribution < 1.29 is 9.53 Å². The Hall–Kier alpha value is -1.82. The Balaban J connectivity index is 2.34. The molecule has 0 spiro atoms. The number of ether oxygens (including phenoxy) is 1. The van der Waals surface area contributed by atoms with Gasteiger partial charge in [0.1, 0.15) is 11.4 Å². The maximum absolute atomic E-state index is 12.1. The topological polar surface area (TPSA) is 58.2 Å². The third-order valence-electron chi connectivity index (χ3n) is 2.54. The molecule has 0 radical (unpaired) electrons. The van der Waals surface area contributed by atoms with E-state index in [2.05, 4.69) is 26.1 Å². The van der Waals surface area contributed by atoms with Crippen LogP contribution in [0.4, 0.5) is 5.69 Å². The van der Waals surface area contributed by atoms with Gasteiger partial charge in [-0.1, -0.05) is 15.9 Å². The number of aromatic amines is 1. The van der Waals surface area contributed by atoms with Crippen LogP contribution in [0.2, 0.25) is 0 Å². The first-order valence-electron chi connectivity index (χ1n) is 5.24. The number of rotatable bonds is 3. The number of carbonyl (C=O) groups excluding carboxylic acids is 1. The lowest BCUT2D eigenvalue weighted by Gasteiger charge is -2.19. The number of hydrogen-bond acceptors (Lipinski definition) is 3. The first kappa shape index (κ1) is 12.6. The Kier molecular flexibility index (Phi) is 3.66. The summed E-state index contributed by atoms with van der Waals surface area (Å²) in [6.07, 6.45) is 1.54. The molecule has 0 unspecified atom stereocenters. The van der Waals surface area contributed by atoms with Crippen molar-refractivity contribution in [1.82, 2.24) is 10.2 Å². The Morgan fingerprint density at radius 3 is 2.83 bits per heavy atom. The van der Waals surface area contributed by atoms with E-state index in [0.717, 1.165) is 4.47 Å². The molecule has 0 aliphatic carbocycles. The highest BCUT2D eigenvalue weighted by Crippen LogP contribution is 2.31. The lowest BCUT2D eigenvalue weighted by atomic mass is 10.2. The SMILES string of the molecule is COc1cc(Br)ccc1N(C)C(=O)c1ccn[nH]1. The van der Waals surface area contributed by atoms with Gasteiger partial charge in [-0.3, -0.25) is 9.89 Å². The quantitative estimate of drug-likeness (QED) is 0.947. The minimum atomic E-state index is -0.173. The zero-order chi connectivity index (χ0) is 13.1. The van der Waals surface area contributed by atoms with Gasteiger partial charge >= 0.3 is 0 Å². The normalized spacial score (nSPS) is 10.2. The molecule has 5 nitrogen and oxygen atoms in total.